The van der Waals surface area contributed by atoms with Gasteiger partial charge in [0, 0.05) is 29.4 Å². The minimum atomic E-state index is -0.220. The van der Waals surface area contributed by atoms with Gasteiger partial charge in [0.2, 0.25) is 0 Å². The molecule has 1 aromatic heterocycles. The van der Waals surface area contributed by atoms with E-state index in [-0.39, 0.29) is 17.7 Å². The van der Waals surface area contributed by atoms with Gasteiger partial charge in [0.25, 0.3) is 5.91 Å². The fraction of sp³-hybridized carbons (Fsp3) is 0.360. The number of halogens is 2. The lowest BCUT2D eigenvalue weighted by atomic mass is 9.85. The molecule has 0 saturated heterocycles. The van der Waals surface area contributed by atoms with Gasteiger partial charge in [-0.15, -0.1) is 0 Å². The summed E-state index contributed by atoms with van der Waals surface area (Å²) < 4.78 is 14.7. The van der Waals surface area contributed by atoms with E-state index < -0.39 is 0 Å². The lowest BCUT2D eigenvalue weighted by Crippen LogP contribution is -2.34. The second kappa shape index (κ2) is 10.6. The Hall–Kier alpha value is -2.66. The van der Waals surface area contributed by atoms with E-state index in [1.165, 1.54) is 0 Å². The standard InChI is InChI=1S/C18H21FN2O.C7H10ClN/c1-5-11-6-7-12-14-16(10(4)8-20-18(14)22)21-17(12)13(11)15(19)9(2)3;1-4-5-6(2)9-7(3)8/h5,10,21H,1,6-8H2,2-4H3,(H,20,22);4-5H,3H2,1-2H3/b;5-4-,9-6-. The molecule has 2 N–H and O–H groups in total. The summed E-state index contributed by atoms with van der Waals surface area (Å²) in [7, 11) is 0. The number of nitrogens with one attached hydrogen (secondary N) is 2. The van der Waals surface area contributed by atoms with Gasteiger partial charge in [-0.1, -0.05) is 43.8 Å². The van der Waals surface area contributed by atoms with Crippen molar-refractivity contribution in [2.75, 3.05) is 6.54 Å². The van der Waals surface area contributed by atoms with Crippen molar-refractivity contribution in [3.8, 4) is 0 Å². The zero-order valence-corrected chi connectivity index (χ0v) is 19.7. The maximum Gasteiger partial charge on any atom is 0.253 e. The van der Waals surface area contributed by atoms with Gasteiger partial charge in [0.15, 0.2) is 0 Å². The van der Waals surface area contributed by atoms with Crippen LogP contribution >= 0.6 is 11.6 Å². The molecule has 0 saturated carbocycles. The Bertz CT molecular complexity index is 1020. The highest BCUT2D eigenvalue weighted by Crippen LogP contribution is 2.42. The Morgan fingerprint density at radius 1 is 1.29 bits per heavy atom. The molecule has 1 aliphatic heterocycles. The van der Waals surface area contributed by atoms with Crippen molar-refractivity contribution < 1.29 is 9.18 Å². The zero-order chi connectivity index (χ0) is 23.3. The largest absolute Gasteiger partial charge is 0.357 e. The van der Waals surface area contributed by atoms with Crippen molar-refractivity contribution in [1.29, 1.82) is 0 Å². The summed E-state index contributed by atoms with van der Waals surface area (Å²) in [6.45, 7) is 17.2. The first-order valence-corrected chi connectivity index (χ1v) is 10.7. The highest BCUT2D eigenvalue weighted by Gasteiger charge is 2.34. The van der Waals surface area contributed by atoms with Gasteiger partial charge in [0.1, 0.15) is 11.0 Å². The summed E-state index contributed by atoms with van der Waals surface area (Å²) in [6, 6.07) is 0. The summed E-state index contributed by atoms with van der Waals surface area (Å²) in [5, 5.41) is 3.24. The van der Waals surface area contributed by atoms with Crippen LogP contribution in [-0.2, 0) is 6.42 Å². The molecule has 0 fully saturated rings. The molecular weight excluding hydrogens is 413 g/mol. The molecule has 0 spiro atoms. The number of fused-ring (bicyclic) bond motifs is 3. The Balaban J connectivity index is 0.000000323. The van der Waals surface area contributed by atoms with Crippen LogP contribution in [0.2, 0.25) is 0 Å². The molecule has 6 heteroatoms. The molecule has 3 rings (SSSR count). The summed E-state index contributed by atoms with van der Waals surface area (Å²) in [5.74, 6) is -0.0615. The molecule has 1 aromatic rings. The molecule has 1 unspecified atom stereocenters. The maximum absolute atomic E-state index is 14.7. The average Bonchev–Trinajstić information content (AvgIpc) is 3.10. The van der Waals surface area contributed by atoms with E-state index in [9.17, 15) is 9.18 Å². The minimum Gasteiger partial charge on any atom is -0.357 e. The molecule has 1 amide bonds. The number of nitrogens with zero attached hydrogens (tertiary/aromatic N) is 1. The molecule has 2 aliphatic rings. The molecule has 1 atom stereocenters. The molecule has 4 nitrogen and oxygen atoms in total. The first-order valence-electron chi connectivity index (χ1n) is 10.4. The van der Waals surface area contributed by atoms with Crippen LogP contribution in [-0.4, -0.2) is 23.1 Å². The number of aromatic amines is 1. The zero-order valence-electron chi connectivity index (χ0n) is 19.0. The molecule has 31 heavy (non-hydrogen) atoms. The number of carbonyl (C=O) groups is 1. The van der Waals surface area contributed by atoms with Crippen LogP contribution in [0.4, 0.5) is 4.39 Å². The fourth-order valence-corrected chi connectivity index (χ4v) is 3.94. The number of aliphatic imine (C=N–C) groups is 1. The Labute approximate surface area is 189 Å². The number of H-pyrrole nitrogens is 1. The Morgan fingerprint density at radius 3 is 2.52 bits per heavy atom. The molecule has 166 valence electrons. The van der Waals surface area contributed by atoms with Crippen molar-refractivity contribution >= 4 is 28.8 Å². The number of aromatic nitrogens is 1. The van der Waals surface area contributed by atoms with Gasteiger partial charge in [-0.3, -0.25) is 4.79 Å². The van der Waals surface area contributed by atoms with Crippen LogP contribution in [0.15, 0.2) is 58.5 Å². The average molecular weight is 444 g/mol. The Kier molecular flexibility index (Phi) is 8.40. The van der Waals surface area contributed by atoms with E-state index >= 15 is 0 Å². The van der Waals surface area contributed by atoms with Gasteiger partial charge in [-0.2, -0.15) is 0 Å². The fourth-order valence-electron chi connectivity index (χ4n) is 3.81. The van der Waals surface area contributed by atoms with Crippen LogP contribution in [0.1, 0.15) is 74.3 Å². The first-order chi connectivity index (χ1) is 14.6. The monoisotopic (exact) mass is 443 g/mol. The number of carbonyl (C=O) groups excluding carboxylic acids is 1. The van der Waals surface area contributed by atoms with E-state index in [0.717, 1.165) is 40.2 Å². The van der Waals surface area contributed by atoms with E-state index in [1.807, 2.05) is 26.0 Å². The minimum absolute atomic E-state index is 0.0513. The lowest BCUT2D eigenvalue weighted by molar-refractivity contribution is 0.0940. The summed E-state index contributed by atoms with van der Waals surface area (Å²) in [4.78, 5) is 19.5. The Morgan fingerprint density at radius 2 is 1.97 bits per heavy atom. The molecule has 0 aromatic carbocycles. The van der Waals surface area contributed by atoms with Crippen molar-refractivity contribution in [3.63, 3.8) is 0 Å². The van der Waals surface area contributed by atoms with Gasteiger partial charge in [0.05, 0.1) is 11.3 Å². The SMILES string of the molecule is C=C(Cl)/N=C(C)\C=C/C.C=CC1=C(C(F)=C(C)C)c2[nH]c3c(c2CC1)C(=O)NCC3C. The van der Waals surface area contributed by atoms with Crippen molar-refractivity contribution in [1.82, 2.24) is 10.3 Å². The van der Waals surface area contributed by atoms with Crippen molar-refractivity contribution in [2.45, 2.75) is 53.4 Å². The molecular formula is C25H31ClFN3O. The van der Waals surface area contributed by atoms with Crippen LogP contribution in [0.25, 0.3) is 5.57 Å². The number of amides is 1. The van der Waals surface area contributed by atoms with Gasteiger partial charge >= 0.3 is 0 Å². The highest BCUT2D eigenvalue weighted by atomic mass is 35.5. The third-order valence-corrected chi connectivity index (χ3v) is 5.33. The topological polar surface area (TPSA) is 57.2 Å². The van der Waals surface area contributed by atoms with Gasteiger partial charge < -0.3 is 10.3 Å². The van der Waals surface area contributed by atoms with Crippen LogP contribution in [0.5, 0.6) is 0 Å². The number of hydrogen-bond acceptors (Lipinski definition) is 2. The molecule has 1 aliphatic carbocycles. The van der Waals surface area contributed by atoms with Crippen LogP contribution in [0, 0.1) is 0 Å². The van der Waals surface area contributed by atoms with Gasteiger partial charge in [-0.05, 0) is 63.3 Å². The number of hydrogen-bond donors (Lipinski definition) is 2. The predicted octanol–water partition coefficient (Wildman–Crippen LogP) is 6.74. The van der Waals surface area contributed by atoms with E-state index in [4.69, 9.17) is 11.6 Å². The lowest BCUT2D eigenvalue weighted by Gasteiger charge is -2.21. The van der Waals surface area contributed by atoms with Crippen molar-refractivity contribution in [2.24, 2.45) is 4.99 Å². The normalized spacial score (nSPS) is 18.0. The summed E-state index contributed by atoms with van der Waals surface area (Å²) in [6.07, 6.45) is 6.94. The molecule has 2 heterocycles. The van der Waals surface area contributed by atoms with Gasteiger partial charge in [-0.25, -0.2) is 9.38 Å². The highest BCUT2D eigenvalue weighted by molar-refractivity contribution is 6.29. The first kappa shape index (κ1) is 24.6. The quantitative estimate of drug-likeness (QED) is 0.392. The third kappa shape index (κ3) is 5.53. The van der Waals surface area contributed by atoms with E-state index in [1.54, 1.807) is 19.9 Å². The van der Waals surface area contributed by atoms with Crippen molar-refractivity contribution in [3.05, 3.63) is 76.0 Å². The second-order valence-corrected chi connectivity index (χ2v) is 8.36. The second-order valence-electron chi connectivity index (χ2n) is 7.93. The van der Waals surface area contributed by atoms with Crippen LogP contribution < -0.4 is 5.32 Å². The summed E-state index contributed by atoms with van der Waals surface area (Å²) in [5.41, 5.74) is 6.33. The predicted molar refractivity (Wildman–Crippen MR) is 129 cm³/mol. The third-order valence-electron chi connectivity index (χ3n) is 5.25. The maximum atomic E-state index is 14.7. The molecule has 0 bridgehead atoms. The van der Waals surface area contributed by atoms with E-state index in [0.29, 0.717) is 29.3 Å². The number of allylic oxidation sites excluding steroid dienone is 7. The number of rotatable bonds is 4. The van der Waals surface area contributed by atoms with E-state index in [2.05, 4.69) is 35.4 Å². The van der Waals surface area contributed by atoms with Crippen LogP contribution in [0.3, 0.4) is 0 Å². The smallest absolute Gasteiger partial charge is 0.253 e. The molecule has 0 radical (unpaired) electrons. The summed E-state index contributed by atoms with van der Waals surface area (Å²) >= 11 is 5.39.